The predicted octanol–water partition coefficient (Wildman–Crippen LogP) is 7.85. The molecule has 4 aromatic carbocycles. The molecule has 0 amide bonds. The van der Waals surface area contributed by atoms with Gasteiger partial charge in [0.1, 0.15) is 5.52 Å². The van der Waals surface area contributed by atoms with Gasteiger partial charge < -0.3 is 4.42 Å². The number of hydrogen-bond donors (Lipinski definition) is 0. The molecule has 0 unspecified atom stereocenters. The molecule has 0 saturated heterocycles. The molecule has 4 heteroatoms. The van der Waals surface area contributed by atoms with Gasteiger partial charge in [0, 0.05) is 23.1 Å². The highest BCUT2D eigenvalue weighted by Gasteiger charge is 2.12. The fraction of sp³-hybridized carbons (Fsp3) is 0.0645. The molecule has 0 fully saturated rings. The van der Waals surface area contributed by atoms with Gasteiger partial charge in [-0.3, -0.25) is 0 Å². The van der Waals surface area contributed by atoms with E-state index < -0.39 is 0 Å². The summed E-state index contributed by atoms with van der Waals surface area (Å²) >= 11 is 0. The Balaban J connectivity index is 1.47. The van der Waals surface area contributed by atoms with Crippen LogP contribution in [0, 0.1) is 0 Å². The van der Waals surface area contributed by atoms with Crippen LogP contribution in [0.5, 0.6) is 0 Å². The molecule has 0 aliphatic carbocycles. The Morgan fingerprint density at radius 1 is 0.543 bits per heavy atom. The second-order valence-electron chi connectivity index (χ2n) is 8.42. The molecule has 0 spiro atoms. The predicted molar refractivity (Wildman–Crippen MR) is 141 cm³/mol. The minimum absolute atomic E-state index is 0.697. The summed E-state index contributed by atoms with van der Waals surface area (Å²) in [6.07, 6.45) is 0.776. The fourth-order valence-electron chi connectivity index (χ4n) is 4.23. The van der Waals surface area contributed by atoms with E-state index in [1.165, 1.54) is 0 Å². The maximum absolute atomic E-state index is 5.78. The molecule has 0 N–H and O–H groups in total. The molecule has 6 aromatic rings. The van der Waals surface area contributed by atoms with E-state index in [-0.39, 0.29) is 0 Å². The van der Waals surface area contributed by atoms with Crippen molar-refractivity contribution in [2.45, 2.75) is 13.3 Å². The Kier molecular flexibility index (Phi) is 5.39. The van der Waals surface area contributed by atoms with Gasteiger partial charge >= 0.3 is 0 Å². The largest absolute Gasteiger partial charge is 0.441 e. The zero-order chi connectivity index (χ0) is 23.6. The van der Waals surface area contributed by atoms with Crippen molar-refractivity contribution in [3.05, 3.63) is 115 Å². The number of rotatable bonds is 5. The molecule has 4 nitrogen and oxygen atoms in total. The van der Waals surface area contributed by atoms with Crippen LogP contribution in [0.15, 0.2) is 114 Å². The smallest absolute Gasteiger partial charge is 0.195 e. The average molecular weight is 454 g/mol. The van der Waals surface area contributed by atoms with E-state index in [2.05, 4.69) is 71.7 Å². The average Bonchev–Trinajstić information content (AvgIpc) is 3.37. The van der Waals surface area contributed by atoms with Gasteiger partial charge in [0.15, 0.2) is 17.3 Å². The Morgan fingerprint density at radius 2 is 1.14 bits per heavy atom. The molecular formula is C31H23N3O. The normalized spacial score (nSPS) is 11.1. The van der Waals surface area contributed by atoms with Crippen molar-refractivity contribution in [2.24, 2.45) is 0 Å². The van der Waals surface area contributed by atoms with Crippen molar-refractivity contribution in [1.29, 1.82) is 0 Å². The minimum Gasteiger partial charge on any atom is -0.441 e. The first-order valence-corrected chi connectivity index (χ1v) is 11.8. The van der Waals surface area contributed by atoms with E-state index >= 15 is 0 Å². The fourth-order valence-corrected chi connectivity index (χ4v) is 4.23. The monoisotopic (exact) mass is 453 g/mol. The number of hydrogen-bond acceptors (Lipinski definition) is 4. The van der Waals surface area contributed by atoms with Crippen molar-refractivity contribution < 1.29 is 4.42 Å². The third-order valence-electron chi connectivity index (χ3n) is 6.05. The summed E-state index contributed by atoms with van der Waals surface area (Å²) in [6, 6.07) is 37.0. The maximum Gasteiger partial charge on any atom is 0.195 e. The lowest BCUT2D eigenvalue weighted by molar-refractivity contribution is 0.538. The molecule has 2 aromatic heterocycles. The lowest BCUT2D eigenvalue weighted by Gasteiger charge is -2.10. The van der Waals surface area contributed by atoms with Crippen molar-refractivity contribution >= 4 is 11.1 Å². The van der Waals surface area contributed by atoms with Crippen LogP contribution in [0.1, 0.15) is 12.8 Å². The second-order valence-corrected chi connectivity index (χ2v) is 8.42. The molecule has 168 valence electrons. The zero-order valence-electron chi connectivity index (χ0n) is 19.3. The van der Waals surface area contributed by atoms with E-state index in [1.807, 2.05) is 49.4 Å². The van der Waals surface area contributed by atoms with Crippen LogP contribution >= 0.6 is 0 Å². The maximum atomic E-state index is 5.78. The molecule has 0 saturated carbocycles. The summed E-state index contributed by atoms with van der Waals surface area (Å²) in [7, 11) is 0. The van der Waals surface area contributed by atoms with Gasteiger partial charge in [0.2, 0.25) is 0 Å². The number of fused-ring (bicyclic) bond motifs is 1. The summed E-state index contributed by atoms with van der Waals surface area (Å²) in [5.74, 6) is 1.45. The molecule has 0 radical (unpaired) electrons. The second kappa shape index (κ2) is 8.99. The van der Waals surface area contributed by atoms with Gasteiger partial charge in [-0.2, -0.15) is 0 Å². The minimum atomic E-state index is 0.697. The Hall–Kier alpha value is -4.57. The summed E-state index contributed by atoms with van der Waals surface area (Å²) in [5.41, 5.74) is 8.74. The zero-order valence-corrected chi connectivity index (χ0v) is 19.3. The van der Waals surface area contributed by atoms with Gasteiger partial charge in [0.05, 0.1) is 11.4 Å². The van der Waals surface area contributed by atoms with Gasteiger partial charge in [0.25, 0.3) is 0 Å². The van der Waals surface area contributed by atoms with Gasteiger partial charge in [-0.1, -0.05) is 91.9 Å². The van der Waals surface area contributed by atoms with Crippen LogP contribution in [0.25, 0.3) is 56.1 Å². The first kappa shape index (κ1) is 21.0. The van der Waals surface area contributed by atoms with E-state index in [0.717, 1.165) is 62.6 Å². The number of benzene rings is 4. The van der Waals surface area contributed by atoms with Crippen LogP contribution < -0.4 is 0 Å². The highest BCUT2D eigenvalue weighted by molar-refractivity contribution is 5.82. The third kappa shape index (κ3) is 4.22. The van der Waals surface area contributed by atoms with Crippen LogP contribution in [0.2, 0.25) is 0 Å². The number of oxazole rings is 1. The van der Waals surface area contributed by atoms with Gasteiger partial charge in [-0.25, -0.2) is 15.0 Å². The SMILES string of the molecule is CCc1nc2cc(-c3cccc(-c4nc(-c5ccccc5)cc(-c5ccccc5)n4)c3)ccc2o1. The van der Waals surface area contributed by atoms with Gasteiger partial charge in [-0.15, -0.1) is 0 Å². The molecule has 2 heterocycles. The molecular weight excluding hydrogens is 430 g/mol. The quantitative estimate of drug-likeness (QED) is 0.267. The van der Waals surface area contributed by atoms with Crippen molar-refractivity contribution in [3.8, 4) is 45.0 Å². The summed E-state index contributed by atoms with van der Waals surface area (Å²) in [5, 5.41) is 0. The van der Waals surface area contributed by atoms with Crippen molar-refractivity contribution in [1.82, 2.24) is 15.0 Å². The Labute approximate surface area is 204 Å². The molecule has 0 atom stereocenters. The summed E-state index contributed by atoms with van der Waals surface area (Å²) < 4.78 is 5.78. The van der Waals surface area contributed by atoms with E-state index in [4.69, 9.17) is 14.4 Å². The molecule has 0 bridgehead atoms. The van der Waals surface area contributed by atoms with Crippen molar-refractivity contribution in [2.75, 3.05) is 0 Å². The topological polar surface area (TPSA) is 51.8 Å². The van der Waals surface area contributed by atoms with Gasteiger partial charge in [-0.05, 0) is 35.4 Å². The van der Waals surface area contributed by atoms with Crippen LogP contribution in [0.4, 0.5) is 0 Å². The highest BCUT2D eigenvalue weighted by atomic mass is 16.3. The van der Waals surface area contributed by atoms with Crippen LogP contribution in [-0.2, 0) is 6.42 Å². The van der Waals surface area contributed by atoms with E-state index in [0.29, 0.717) is 5.82 Å². The first-order chi connectivity index (χ1) is 17.3. The number of nitrogens with zero attached hydrogens (tertiary/aromatic N) is 3. The standard InChI is InChI=1S/C31H23N3O/c1-2-30-32-28-19-24(16-17-29(28)35-30)23-14-9-15-25(18-23)31-33-26(21-10-5-3-6-11-21)20-27(34-31)22-12-7-4-8-13-22/h3-20H,2H2,1H3. The Morgan fingerprint density at radius 3 is 1.80 bits per heavy atom. The summed E-state index contributed by atoms with van der Waals surface area (Å²) in [4.78, 5) is 14.5. The lowest BCUT2D eigenvalue weighted by Crippen LogP contribution is -1.96. The summed E-state index contributed by atoms with van der Waals surface area (Å²) in [6.45, 7) is 2.04. The van der Waals surface area contributed by atoms with Crippen molar-refractivity contribution in [3.63, 3.8) is 0 Å². The Bertz CT molecular complexity index is 1560. The van der Waals surface area contributed by atoms with E-state index in [9.17, 15) is 0 Å². The highest BCUT2D eigenvalue weighted by Crippen LogP contribution is 2.31. The van der Waals surface area contributed by atoms with Crippen LogP contribution in [-0.4, -0.2) is 15.0 Å². The molecule has 0 aliphatic rings. The van der Waals surface area contributed by atoms with E-state index in [1.54, 1.807) is 0 Å². The number of aryl methyl sites for hydroxylation is 1. The molecule has 0 aliphatic heterocycles. The van der Waals surface area contributed by atoms with Crippen LogP contribution in [0.3, 0.4) is 0 Å². The number of aromatic nitrogens is 3. The molecule has 35 heavy (non-hydrogen) atoms. The lowest BCUT2D eigenvalue weighted by atomic mass is 10.0. The molecule has 6 rings (SSSR count). The third-order valence-corrected chi connectivity index (χ3v) is 6.05. The first-order valence-electron chi connectivity index (χ1n) is 11.8.